The second-order valence-electron chi connectivity index (χ2n) is 6.86. The van der Waals surface area contributed by atoms with Crippen molar-refractivity contribution in [3.05, 3.63) is 103 Å². The summed E-state index contributed by atoms with van der Waals surface area (Å²) in [6.45, 7) is 0. The van der Waals surface area contributed by atoms with Gasteiger partial charge < -0.3 is 9.84 Å². The molecule has 6 nitrogen and oxygen atoms in total. The smallest absolute Gasteiger partial charge is 0.206 e. The Hall–Kier alpha value is -3.62. The lowest BCUT2D eigenvalue weighted by Gasteiger charge is -2.09. The van der Waals surface area contributed by atoms with E-state index in [0.717, 1.165) is 0 Å². The van der Waals surface area contributed by atoms with Gasteiger partial charge in [-0.2, -0.15) is 0 Å². The van der Waals surface area contributed by atoms with Gasteiger partial charge in [0.15, 0.2) is 0 Å². The Balaban J connectivity index is 1.56. The summed E-state index contributed by atoms with van der Waals surface area (Å²) in [4.78, 5) is 0.186. The van der Waals surface area contributed by atoms with Crippen LogP contribution in [0.1, 0.15) is 0 Å². The van der Waals surface area contributed by atoms with E-state index in [1.54, 1.807) is 30.3 Å². The first-order chi connectivity index (χ1) is 15.3. The summed E-state index contributed by atoms with van der Waals surface area (Å²) in [6.07, 6.45) is 0. The number of aromatic hydroxyl groups is 1. The summed E-state index contributed by atoms with van der Waals surface area (Å²) < 4.78 is 56.9. The van der Waals surface area contributed by atoms with Crippen LogP contribution in [0.15, 0.2) is 123 Å². The van der Waals surface area contributed by atoms with Crippen molar-refractivity contribution < 1.29 is 26.7 Å². The molecule has 0 radical (unpaired) electrons. The zero-order valence-electron chi connectivity index (χ0n) is 16.6. The number of phenols is 1. The molecule has 0 amide bonds. The van der Waals surface area contributed by atoms with Gasteiger partial charge in [-0.3, -0.25) is 0 Å². The van der Waals surface area contributed by atoms with Crippen molar-refractivity contribution in [3.63, 3.8) is 0 Å². The molecule has 0 spiro atoms. The minimum Gasteiger partial charge on any atom is -0.508 e. The highest BCUT2D eigenvalue weighted by Gasteiger charge is 2.21. The average molecular weight is 467 g/mol. The number of ether oxygens (including phenoxy) is 1. The fourth-order valence-electron chi connectivity index (χ4n) is 3.01. The van der Waals surface area contributed by atoms with Crippen molar-refractivity contribution in [3.8, 4) is 17.2 Å². The predicted octanol–water partition coefficient (Wildman–Crippen LogP) is 4.85. The van der Waals surface area contributed by atoms with E-state index < -0.39 is 19.7 Å². The fraction of sp³-hybridized carbons (Fsp3) is 0. The van der Waals surface area contributed by atoms with E-state index in [4.69, 9.17) is 4.74 Å². The van der Waals surface area contributed by atoms with Crippen LogP contribution in [0, 0.1) is 0 Å². The van der Waals surface area contributed by atoms with Gasteiger partial charge in [0.1, 0.15) is 17.2 Å². The van der Waals surface area contributed by atoms with E-state index in [2.05, 4.69) is 0 Å². The summed E-state index contributed by atoms with van der Waals surface area (Å²) in [7, 11) is -7.58. The maximum absolute atomic E-state index is 13.0. The van der Waals surface area contributed by atoms with E-state index in [-0.39, 0.29) is 25.3 Å². The molecule has 0 bridgehead atoms. The zero-order valence-corrected chi connectivity index (χ0v) is 18.3. The molecule has 4 aromatic carbocycles. The fourth-order valence-corrected chi connectivity index (χ4v) is 5.55. The third-order valence-electron chi connectivity index (χ3n) is 4.70. The van der Waals surface area contributed by atoms with Crippen LogP contribution in [-0.2, 0) is 19.7 Å². The molecule has 0 aliphatic carbocycles. The minimum absolute atomic E-state index is 0.0142. The molecule has 162 valence electrons. The summed E-state index contributed by atoms with van der Waals surface area (Å²) in [5.41, 5.74) is 0. The first-order valence-corrected chi connectivity index (χ1v) is 12.5. The van der Waals surface area contributed by atoms with E-state index in [9.17, 15) is 21.9 Å². The average Bonchev–Trinajstić information content (AvgIpc) is 2.81. The van der Waals surface area contributed by atoms with E-state index in [1.807, 2.05) is 0 Å². The van der Waals surface area contributed by atoms with Crippen LogP contribution in [0.2, 0.25) is 0 Å². The molecule has 4 rings (SSSR count). The Morgan fingerprint density at radius 1 is 0.469 bits per heavy atom. The monoisotopic (exact) mass is 466 g/mol. The molecule has 0 fully saturated rings. The molecule has 0 saturated heterocycles. The van der Waals surface area contributed by atoms with Gasteiger partial charge >= 0.3 is 0 Å². The third kappa shape index (κ3) is 4.37. The van der Waals surface area contributed by atoms with Crippen LogP contribution in [0.3, 0.4) is 0 Å². The van der Waals surface area contributed by atoms with Crippen molar-refractivity contribution in [2.45, 2.75) is 19.6 Å². The molecule has 0 heterocycles. The maximum atomic E-state index is 13.0. The van der Waals surface area contributed by atoms with Crippen LogP contribution in [0.4, 0.5) is 0 Å². The second-order valence-corrected chi connectivity index (χ2v) is 10.8. The molecule has 0 aliphatic rings. The molecule has 0 unspecified atom stereocenters. The van der Waals surface area contributed by atoms with Crippen molar-refractivity contribution in [1.82, 2.24) is 0 Å². The number of hydrogen-bond acceptors (Lipinski definition) is 6. The van der Waals surface area contributed by atoms with Gasteiger partial charge in [0.25, 0.3) is 0 Å². The van der Waals surface area contributed by atoms with Crippen molar-refractivity contribution in [2.24, 2.45) is 0 Å². The topological polar surface area (TPSA) is 97.7 Å². The first kappa shape index (κ1) is 21.6. The third-order valence-corrected chi connectivity index (χ3v) is 8.28. The minimum atomic E-state index is -3.84. The predicted molar refractivity (Wildman–Crippen MR) is 118 cm³/mol. The molecular formula is C24H18O6S2. The first-order valence-electron chi connectivity index (χ1n) is 9.49. The highest BCUT2D eigenvalue weighted by Crippen LogP contribution is 2.28. The molecule has 8 heteroatoms. The Morgan fingerprint density at radius 3 is 1.25 bits per heavy atom. The summed E-state index contributed by atoms with van der Waals surface area (Å²) in [5.74, 6) is 1.04. The van der Waals surface area contributed by atoms with Gasteiger partial charge in [0, 0.05) is 0 Å². The molecular weight excluding hydrogens is 448 g/mol. The van der Waals surface area contributed by atoms with E-state index in [1.165, 1.54) is 72.8 Å². The Labute approximate surface area is 186 Å². The SMILES string of the molecule is O=S(=O)(c1ccccc1)c1ccc(S(=O)(=O)c2ccc(Oc3ccc(O)cc3)cc2)cc1. The number of benzene rings is 4. The van der Waals surface area contributed by atoms with E-state index >= 15 is 0 Å². The molecule has 0 aromatic heterocycles. The standard InChI is InChI=1S/C24H18O6S2/c25-18-6-8-19(9-7-18)30-20-10-12-22(13-11-20)32(28,29)24-16-14-23(15-17-24)31(26,27)21-4-2-1-3-5-21/h1-17,25H. The van der Waals surface area contributed by atoms with E-state index in [0.29, 0.717) is 11.5 Å². The van der Waals surface area contributed by atoms with Crippen LogP contribution in [-0.4, -0.2) is 21.9 Å². The Morgan fingerprint density at radius 2 is 0.812 bits per heavy atom. The Kier molecular flexibility index (Phi) is 5.73. The number of hydrogen-bond donors (Lipinski definition) is 1. The van der Waals surface area contributed by atoms with Crippen LogP contribution in [0.5, 0.6) is 17.2 Å². The van der Waals surface area contributed by atoms with Crippen LogP contribution < -0.4 is 4.74 Å². The molecule has 4 aromatic rings. The lowest BCUT2D eigenvalue weighted by Crippen LogP contribution is -2.05. The Bertz CT molecular complexity index is 1430. The van der Waals surface area contributed by atoms with Crippen molar-refractivity contribution in [2.75, 3.05) is 0 Å². The lowest BCUT2D eigenvalue weighted by molar-refractivity contribution is 0.464. The largest absolute Gasteiger partial charge is 0.508 e. The summed E-state index contributed by atoms with van der Waals surface area (Å²) >= 11 is 0. The molecule has 0 atom stereocenters. The van der Waals surface area contributed by atoms with Crippen LogP contribution >= 0.6 is 0 Å². The van der Waals surface area contributed by atoms with Gasteiger partial charge in [-0.1, -0.05) is 18.2 Å². The molecule has 32 heavy (non-hydrogen) atoms. The molecule has 0 saturated carbocycles. The van der Waals surface area contributed by atoms with Gasteiger partial charge in [-0.25, -0.2) is 16.8 Å². The van der Waals surface area contributed by atoms with Crippen molar-refractivity contribution >= 4 is 19.7 Å². The van der Waals surface area contributed by atoms with Crippen LogP contribution in [0.25, 0.3) is 0 Å². The van der Waals surface area contributed by atoms with Gasteiger partial charge in [-0.05, 0) is 84.9 Å². The summed E-state index contributed by atoms with van der Waals surface area (Å²) in [6, 6.07) is 25.1. The number of sulfone groups is 2. The zero-order chi connectivity index (χ0) is 22.8. The van der Waals surface area contributed by atoms with Gasteiger partial charge in [0.2, 0.25) is 19.7 Å². The maximum Gasteiger partial charge on any atom is 0.206 e. The highest BCUT2D eigenvalue weighted by molar-refractivity contribution is 7.92. The lowest BCUT2D eigenvalue weighted by atomic mass is 10.3. The quantitative estimate of drug-likeness (QED) is 0.436. The molecule has 0 aliphatic heterocycles. The van der Waals surface area contributed by atoms with Gasteiger partial charge in [0.05, 0.1) is 19.6 Å². The molecule has 1 N–H and O–H groups in total. The number of rotatable bonds is 6. The highest BCUT2D eigenvalue weighted by atomic mass is 32.2. The normalized spacial score (nSPS) is 11.8. The summed E-state index contributed by atoms with van der Waals surface area (Å²) in [5, 5.41) is 9.32. The van der Waals surface area contributed by atoms with Gasteiger partial charge in [-0.15, -0.1) is 0 Å². The number of phenolic OH excluding ortho intramolecular Hbond substituents is 1. The van der Waals surface area contributed by atoms with Crippen molar-refractivity contribution in [1.29, 1.82) is 0 Å². The second kappa shape index (κ2) is 8.49.